The molecule has 0 aliphatic carbocycles. The van der Waals surface area contributed by atoms with E-state index in [1.165, 1.54) is 5.56 Å². The van der Waals surface area contributed by atoms with E-state index in [9.17, 15) is 9.90 Å². The minimum absolute atomic E-state index is 0.397. The highest BCUT2D eigenvalue weighted by Crippen LogP contribution is 2.29. The maximum absolute atomic E-state index is 11.2. The Morgan fingerprint density at radius 3 is 2.89 bits per heavy atom. The fourth-order valence-corrected chi connectivity index (χ4v) is 2.74. The number of fused-ring (bicyclic) bond motifs is 1. The molecule has 1 aliphatic heterocycles. The summed E-state index contributed by atoms with van der Waals surface area (Å²) in [6, 6.07) is 10.1. The van der Waals surface area contributed by atoms with Gasteiger partial charge in [0.1, 0.15) is 5.82 Å². The van der Waals surface area contributed by atoms with Crippen LogP contribution in [0.4, 0.5) is 0 Å². The summed E-state index contributed by atoms with van der Waals surface area (Å²) in [6.45, 7) is 0.876. The van der Waals surface area contributed by atoms with Crippen molar-refractivity contribution in [1.29, 1.82) is 0 Å². The first-order chi connectivity index (χ1) is 9.25. The lowest BCUT2D eigenvalue weighted by atomic mass is 9.96. The quantitative estimate of drug-likeness (QED) is 0.917. The standard InChI is InChI=1S/C15H16N2O2/c18-15(19)12-7-4-8-17-13(12)10-16-14(17)9-11-5-2-1-3-6-11/h1-3,5-6,10,12H,4,7-9H2,(H,18,19). The minimum Gasteiger partial charge on any atom is -0.481 e. The van der Waals surface area contributed by atoms with Crippen molar-refractivity contribution in [2.24, 2.45) is 0 Å². The summed E-state index contributed by atoms with van der Waals surface area (Å²) in [6.07, 6.45) is 4.11. The van der Waals surface area contributed by atoms with Gasteiger partial charge in [-0.1, -0.05) is 30.3 Å². The van der Waals surface area contributed by atoms with E-state index in [4.69, 9.17) is 0 Å². The highest BCUT2D eigenvalue weighted by atomic mass is 16.4. The summed E-state index contributed by atoms with van der Waals surface area (Å²) in [5.74, 6) is -0.176. The van der Waals surface area contributed by atoms with Crippen LogP contribution < -0.4 is 0 Å². The van der Waals surface area contributed by atoms with E-state index in [1.807, 2.05) is 18.2 Å². The van der Waals surface area contributed by atoms with Crippen LogP contribution >= 0.6 is 0 Å². The van der Waals surface area contributed by atoms with E-state index in [-0.39, 0.29) is 0 Å². The number of rotatable bonds is 3. The van der Waals surface area contributed by atoms with E-state index in [2.05, 4.69) is 21.7 Å². The van der Waals surface area contributed by atoms with Gasteiger partial charge in [-0.05, 0) is 18.4 Å². The molecule has 0 fully saturated rings. The Morgan fingerprint density at radius 1 is 1.37 bits per heavy atom. The topological polar surface area (TPSA) is 55.1 Å². The molecule has 1 unspecified atom stereocenters. The van der Waals surface area contributed by atoms with Crippen LogP contribution in [0.1, 0.15) is 35.8 Å². The Hall–Kier alpha value is -2.10. The molecule has 1 atom stereocenters. The minimum atomic E-state index is -0.743. The van der Waals surface area contributed by atoms with Crippen LogP contribution in [-0.2, 0) is 17.8 Å². The average Bonchev–Trinajstić information content (AvgIpc) is 2.83. The van der Waals surface area contributed by atoms with Crippen LogP contribution in [0.5, 0.6) is 0 Å². The Bertz CT molecular complexity index is 589. The van der Waals surface area contributed by atoms with E-state index < -0.39 is 11.9 Å². The fourth-order valence-electron chi connectivity index (χ4n) is 2.74. The van der Waals surface area contributed by atoms with Crippen molar-refractivity contribution in [3.05, 3.63) is 53.6 Å². The maximum atomic E-state index is 11.2. The monoisotopic (exact) mass is 256 g/mol. The predicted octanol–water partition coefficient (Wildman–Crippen LogP) is 2.44. The van der Waals surface area contributed by atoms with Gasteiger partial charge in [-0.25, -0.2) is 4.98 Å². The molecular weight excluding hydrogens is 240 g/mol. The Morgan fingerprint density at radius 2 is 2.16 bits per heavy atom. The first kappa shape index (κ1) is 12.0. The molecule has 98 valence electrons. The number of aliphatic carboxylic acids is 1. The second kappa shape index (κ2) is 4.88. The van der Waals surface area contributed by atoms with Crippen molar-refractivity contribution in [2.45, 2.75) is 31.7 Å². The summed E-state index contributed by atoms with van der Waals surface area (Å²) in [7, 11) is 0. The first-order valence-electron chi connectivity index (χ1n) is 6.57. The normalized spacial score (nSPS) is 18.0. The largest absolute Gasteiger partial charge is 0.481 e. The molecule has 0 bridgehead atoms. The molecule has 1 N–H and O–H groups in total. The van der Waals surface area contributed by atoms with E-state index in [1.54, 1.807) is 6.20 Å². The third kappa shape index (κ3) is 2.26. The SMILES string of the molecule is O=C(O)C1CCCn2c1cnc2Cc1ccccc1. The molecule has 0 radical (unpaired) electrons. The number of carbonyl (C=O) groups is 1. The number of carboxylic acid groups (broad SMARTS) is 1. The molecule has 2 heterocycles. The molecule has 0 amide bonds. The summed E-state index contributed by atoms with van der Waals surface area (Å²) >= 11 is 0. The van der Waals surface area contributed by atoms with Gasteiger partial charge in [0, 0.05) is 19.2 Å². The van der Waals surface area contributed by atoms with Gasteiger partial charge in [-0.2, -0.15) is 0 Å². The zero-order valence-electron chi connectivity index (χ0n) is 10.6. The van der Waals surface area contributed by atoms with Gasteiger partial charge in [0.25, 0.3) is 0 Å². The van der Waals surface area contributed by atoms with Gasteiger partial charge in [0.2, 0.25) is 0 Å². The molecule has 2 aromatic rings. The van der Waals surface area contributed by atoms with E-state index >= 15 is 0 Å². The molecule has 0 saturated heterocycles. The number of hydrogen-bond acceptors (Lipinski definition) is 2. The van der Waals surface area contributed by atoms with Gasteiger partial charge in [-0.15, -0.1) is 0 Å². The van der Waals surface area contributed by atoms with Crippen LogP contribution in [0, 0.1) is 0 Å². The van der Waals surface area contributed by atoms with Gasteiger partial charge in [-0.3, -0.25) is 4.79 Å². The number of imidazole rings is 1. The van der Waals surface area contributed by atoms with Gasteiger partial charge in [0.15, 0.2) is 0 Å². The highest BCUT2D eigenvalue weighted by molar-refractivity contribution is 5.75. The highest BCUT2D eigenvalue weighted by Gasteiger charge is 2.28. The molecule has 0 spiro atoms. The summed E-state index contributed by atoms with van der Waals surface area (Å²) in [5, 5.41) is 9.24. The van der Waals surface area contributed by atoms with Crippen LogP contribution in [0.25, 0.3) is 0 Å². The summed E-state index contributed by atoms with van der Waals surface area (Å²) in [5.41, 5.74) is 2.05. The van der Waals surface area contributed by atoms with Crippen molar-refractivity contribution < 1.29 is 9.90 Å². The average molecular weight is 256 g/mol. The molecule has 19 heavy (non-hydrogen) atoms. The molecule has 3 rings (SSSR count). The van der Waals surface area contributed by atoms with E-state index in [0.29, 0.717) is 6.42 Å². The van der Waals surface area contributed by atoms with E-state index in [0.717, 1.165) is 30.9 Å². The number of benzene rings is 1. The van der Waals surface area contributed by atoms with Gasteiger partial charge >= 0.3 is 5.97 Å². The molecule has 1 aromatic heterocycles. The van der Waals surface area contributed by atoms with Crippen molar-refractivity contribution >= 4 is 5.97 Å². The number of hydrogen-bond donors (Lipinski definition) is 1. The lowest BCUT2D eigenvalue weighted by molar-refractivity contribution is -0.139. The summed E-state index contributed by atoms with van der Waals surface area (Å²) < 4.78 is 2.08. The number of nitrogens with zero attached hydrogens (tertiary/aromatic N) is 2. The molecule has 0 saturated carbocycles. The first-order valence-corrected chi connectivity index (χ1v) is 6.57. The predicted molar refractivity (Wildman–Crippen MR) is 71.1 cm³/mol. The maximum Gasteiger partial charge on any atom is 0.312 e. The zero-order chi connectivity index (χ0) is 13.2. The lowest BCUT2D eigenvalue weighted by Gasteiger charge is -2.22. The summed E-state index contributed by atoms with van der Waals surface area (Å²) in [4.78, 5) is 15.7. The molecule has 4 nitrogen and oxygen atoms in total. The molecule has 1 aromatic carbocycles. The van der Waals surface area contributed by atoms with Gasteiger partial charge < -0.3 is 9.67 Å². The van der Waals surface area contributed by atoms with Crippen LogP contribution in [-0.4, -0.2) is 20.6 Å². The van der Waals surface area contributed by atoms with Crippen LogP contribution in [0.2, 0.25) is 0 Å². The Balaban J connectivity index is 1.91. The Labute approximate surface area is 111 Å². The molecule has 1 aliphatic rings. The van der Waals surface area contributed by atoms with Crippen molar-refractivity contribution in [2.75, 3.05) is 0 Å². The fraction of sp³-hybridized carbons (Fsp3) is 0.333. The third-order valence-corrected chi connectivity index (χ3v) is 3.70. The zero-order valence-corrected chi connectivity index (χ0v) is 10.6. The van der Waals surface area contributed by atoms with Gasteiger partial charge in [0.05, 0.1) is 11.6 Å². The van der Waals surface area contributed by atoms with Crippen LogP contribution in [0.3, 0.4) is 0 Å². The number of carboxylic acids is 1. The van der Waals surface area contributed by atoms with Crippen molar-refractivity contribution in [3.63, 3.8) is 0 Å². The van der Waals surface area contributed by atoms with Crippen LogP contribution in [0.15, 0.2) is 36.5 Å². The second-order valence-corrected chi connectivity index (χ2v) is 4.95. The molecule has 4 heteroatoms. The lowest BCUT2D eigenvalue weighted by Crippen LogP contribution is -2.22. The smallest absolute Gasteiger partial charge is 0.312 e. The van der Waals surface area contributed by atoms with Crippen molar-refractivity contribution in [1.82, 2.24) is 9.55 Å². The molecular formula is C15H16N2O2. The second-order valence-electron chi connectivity index (χ2n) is 4.95. The third-order valence-electron chi connectivity index (χ3n) is 3.70. The number of aromatic nitrogens is 2. The van der Waals surface area contributed by atoms with Crippen molar-refractivity contribution in [3.8, 4) is 0 Å². The Kier molecular flexibility index (Phi) is 3.07.